The van der Waals surface area contributed by atoms with E-state index in [0.29, 0.717) is 90.6 Å². The van der Waals surface area contributed by atoms with Crippen molar-refractivity contribution < 1.29 is 27.5 Å². The number of aliphatic hydroxyl groups is 1. The quantitative estimate of drug-likeness (QED) is 0.0229. The molecule has 17 rings (SSSR count). The molecule has 1 amide bonds. The number of hydrogen-bond donors (Lipinski definition) is 6. The number of benzene rings is 4. The van der Waals surface area contributed by atoms with E-state index >= 15 is 0 Å². The molecule has 1 aliphatic rings. The summed E-state index contributed by atoms with van der Waals surface area (Å²) < 4.78 is 62.0. The van der Waals surface area contributed by atoms with Crippen LogP contribution in [0.15, 0.2) is 219 Å². The number of pyridine rings is 4. The maximum Gasteiger partial charge on any atom is 0.231 e. The van der Waals surface area contributed by atoms with Crippen LogP contribution < -0.4 is 27.0 Å². The van der Waals surface area contributed by atoms with Crippen molar-refractivity contribution in [2.24, 2.45) is 5.73 Å². The van der Waals surface area contributed by atoms with E-state index in [9.17, 15) is 22.4 Å². The number of amides is 1. The summed E-state index contributed by atoms with van der Waals surface area (Å²) in [4.78, 5) is 76.5. The molecule has 0 radical (unpaired) electrons. The lowest BCUT2D eigenvalue weighted by molar-refractivity contribution is -0.118. The van der Waals surface area contributed by atoms with Gasteiger partial charge in [0, 0.05) is 159 Å². The number of aliphatic hydroxyl groups excluding tert-OH is 1. The molecule has 16 aromatic rings. The first-order valence-electron chi connectivity index (χ1n) is 39.6. The maximum atomic E-state index is 13.6. The van der Waals surface area contributed by atoms with Crippen molar-refractivity contribution in [3.63, 3.8) is 0 Å². The SMILES string of the molecule is CNc1nccc(-c2c(-c3ccc(F)cc3)nc3cc(CN(C)CC#N)ccn23)n1.CNc1nccc(-c2c(-c3ccc(F)cc3)nc3cc(CN(C)CC(N)=O)ccn23)n1.CNc1nccc(-c2c(-c3ccc(F)cc3)nc3cc(CN(C)CCO)ccn23)n1.CNc1nccc(-c2c(-c3ccc(F)cc3)nc3cc(CN4CCN(C)CC4)ccn23)n1. The van der Waals surface area contributed by atoms with Crippen LogP contribution in [0.2, 0.25) is 0 Å². The minimum absolute atomic E-state index is 0.114. The Hall–Kier alpha value is -14.4. The Bertz CT molecular complexity index is 6390. The largest absolute Gasteiger partial charge is 0.395 e. The first-order chi connectivity index (χ1) is 59.7. The molecule has 1 fully saturated rings. The maximum absolute atomic E-state index is 13.6. The molecule has 0 saturated carbocycles. The number of imidazole rings is 4. The fraction of sp³-hybridized carbons (Fsp3) is 0.222. The number of nitrogens with two attached hydrogens (primary N) is 1. The molecular weight excluding hydrogens is 1570 g/mol. The van der Waals surface area contributed by atoms with Crippen molar-refractivity contribution in [3.8, 4) is 96.7 Å². The van der Waals surface area contributed by atoms with Gasteiger partial charge in [-0.2, -0.15) is 5.26 Å². The first-order valence-corrected chi connectivity index (χ1v) is 39.6. The molecule has 1 saturated heterocycles. The van der Waals surface area contributed by atoms with Crippen LogP contribution in [0.4, 0.5) is 41.4 Å². The van der Waals surface area contributed by atoms with Gasteiger partial charge in [0.05, 0.1) is 94.1 Å². The Morgan fingerprint density at radius 1 is 0.423 bits per heavy atom. The normalized spacial score (nSPS) is 12.3. The Balaban J connectivity index is 0.000000134. The molecule has 0 atom stereocenters. The second kappa shape index (κ2) is 39.2. The summed E-state index contributed by atoms with van der Waals surface area (Å²) in [5.41, 5.74) is 24.9. The van der Waals surface area contributed by atoms with E-state index in [1.165, 1.54) is 54.1 Å². The van der Waals surface area contributed by atoms with Gasteiger partial charge in [-0.1, -0.05) is 0 Å². The zero-order chi connectivity index (χ0) is 86.2. The highest BCUT2D eigenvalue weighted by molar-refractivity contribution is 5.85. The van der Waals surface area contributed by atoms with Crippen LogP contribution in [0.5, 0.6) is 0 Å². The van der Waals surface area contributed by atoms with Gasteiger partial charge in [-0.3, -0.25) is 42.0 Å². The van der Waals surface area contributed by atoms with E-state index in [1.807, 2.05) is 133 Å². The monoisotopic (exact) mass is 1660 g/mol. The summed E-state index contributed by atoms with van der Waals surface area (Å²) in [7, 11) is 14.9. The molecule has 0 spiro atoms. The highest BCUT2D eigenvalue weighted by Crippen LogP contribution is 2.38. The molecule has 12 aromatic heterocycles. The number of rotatable bonds is 25. The molecule has 0 unspecified atom stereocenters. The van der Waals surface area contributed by atoms with Gasteiger partial charge in [0.1, 0.15) is 45.9 Å². The number of carbonyl (C=O) groups is 1. The number of nitrogens with zero attached hydrogens (tertiary/aromatic N) is 22. The minimum Gasteiger partial charge on any atom is -0.395 e. The molecule has 0 aliphatic carbocycles. The highest BCUT2D eigenvalue weighted by Gasteiger charge is 2.25. The second-order valence-electron chi connectivity index (χ2n) is 29.4. The van der Waals surface area contributed by atoms with Gasteiger partial charge in [-0.25, -0.2) is 77.4 Å². The summed E-state index contributed by atoms with van der Waals surface area (Å²) in [5.74, 6) is 0.480. The third kappa shape index (κ3) is 20.6. The van der Waals surface area contributed by atoms with Crippen LogP contribution in [-0.2, 0) is 31.0 Å². The Morgan fingerprint density at radius 3 is 1.01 bits per heavy atom. The van der Waals surface area contributed by atoms with Crippen molar-refractivity contribution in [3.05, 3.63) is 265 Å². The van der Waals surface area contributed by atoms with Crippen molar-refractivity contribution in [1.29, 1.82) is 5.26 Å². The van der Waals surface area contributed by atoms with Gasteiger partial charge >= 0.3 is 0 Å². The molecule has 7 N–H and O–H groups in total. The van der Waals surface area contributed by atoms with Crippen LogP contribution in [0.25, 0.3) is 113 Å². The summed E-state index contributed by atoms with van der Waals surface area (Å²) in [6.45, 7) is 8.31. The molecule has 123 heavy (non-hydrogen) atoms. The van der Waals surface area contributed by atoms with Gasteiger partial charge in [-0.05, 0) is 220 Å². The Morgan fingerprint density at radius 2 is 0.715 bits per heavy atom. The fourth-order valence-corrected chi connectivity index (χ4v) is 14.3. The number of likely N-dealkylation sites (N-methyl/N-ethyl adjacent to an activating group) is 3. The number of hydrogen-bond acceptors (Lipinski definition) is 24. The Labute approximate surface area is 707 Å². The van der Waals surface area contributed by atoms with Crippen molar-refractivity contribution in [1.82, 2.24) is 102 Å². The van der Waals surface area contributed by atoms with E-state index in [0.717, 1.165) is 128 Å². The van der Waals surface area contributed by atoms with E-state index in [1.54, 1.807) is 102 Å². The third-order valence-corrected chi connectivity index (χ3v) is 20.3. The predicted molar refractivity (Wildman–Crippen MR) is 468 cm³/mol. The molecule has 13 heterocycles. The second-order valence-corrected chi connectivity index (χ2v) is 29.4. The number of anilines is 4. The van der Waals surface area contributed by atoms with Crippen molar-refractivity contribution in [2.45, 2.75) is 26.2 Å². The topological polar surface area (TPSA) is 324 Å². The molecule has 33 heteroatoms. The van der Waals surface area contributed by atoms with Gasteiger partial charge < -0.3 is 37.0 Å². The zero-order valence-corrected chi connectivity index (χ0v) is 69.1. The number of nitriles is 1. The number of fused-ring (bicyclic) bond motifs is 4. The van der Waals surface area contributed by atoms with E-state index in [2.05, 4.69) is 102 Å². The van der Waals surface area contributed by atoms with Gasteiger partial charge in [0.2, 0.25) is 29.7 Å². The molecule has 626 valence electrons. The Kier molecular flexibility index (Phi) is 27.1. The number of piperazine rings is 1. The number of halogens is 4. The van der Waals surface area contributed by atoms with E-state index < -0.39 is 0 Å². The van der Waals surface area contributed by atoms with Crippen LogP contribution in [-0.4, -0.2) is 222 Å². The van der Waals surface area contributed by atoms with Gasteiger partial charge in [0.15, 0.2) is 0 Å². The summed E-state index contributed by atoms with van der Waals surface area (Å²) in [5, 5.41) is 29.9. The van der Waals surface area contributed by atoms with Crippen LogP contribution >= 0.6 is 0 Å². The summed E-state index contributed by atoms with van der Waals surface area (Å²) in [6, 6.07) is 50.9. The molecular formula is C90H91F4N27O2. The first kappa shape index (κ1) is 85.0. The van der Waals surface area contributed by atoms with E-state index in [-0.39, 0.29) is 42.3 Å². The van der Waals surface area contributed by atoms with Crippen molar-refractivity contribution >= 4 is 52.3 Å². The lowest BCUT2D eigenvalue weighted by Crippen LogP contribution is -2.43. The number of aromatic nitrogens is 16. The zero-order valence-electron chi connectivity index (χ0n) is 69.1. The van der Waals surface area contributed by atoms with Crippen LogP contribution in [0.1, 0.15) is 22.3 Å². The summed E-state index contributed by atoms with van der Waals surface area (Å²) >= 11 is 0. The van der Waals surface area contributed by atoms with Crippen molar-refractivity contribution in [2.75, 3.05) is 130 Å². The fourth-order valence-electron chi connectivity index (χ4n) is 14.3. The van der Waals surface area contributed by atoms with E-state index in [4.69, 9.17) is 36.0 Å². The smallest absolute Gasteiger partial charge is 0.231 e. The lowest BCUT2D eigenvalue weighted by atomic mass is 10.1. The molecule has 29 nitrogen and oxygen atoms in total. The highest BCUT2D eigenvalue weighted by atomic mass is 19.1. The molecule has 4 aromatic carbocycles. The van der Waals surface area contributed by atoms with Crippen LogP contribution in [0, 0.1) is 34.6 Å². The van der Waals surface area contributed by atoms with Crippen LogP contribution in [0.3, 0.4) is 0 Å². The average molecular weight is 1660 g/mol. The molecule has 0 bridgehead atoms. The minimum atomic E-state index is -0.380. The number of carbonyl (C=O) groups excluding carboxylic acids is 1. The van der Waals surface area contributed by atoms with Gasteiger partial charge in [0.25, 0.3) is 0 Å². The summed E-state index contributed by atoms with van der Waals surface area (Å²) in [6.07, 6.45) is 14.7. The average Bonchev–Trinajstić information content (AvgIpc) is 1.64. The number of nitrogens with one attached hydrogen (secondary N) is 4. The predicted octanol–water partition coefficient (Wildman–Crippen LogP) is 12.6. The lowest BCUT2D eigenvalue weighted by Gasteiger charge is -2.32. The standard InChI is InChI=1S/C24H26FN7.C22H22FN7O.C22H20FN7.C22H23FN6O/c1-26-24-27-9-7-20(28-24)23-22(18-3-5-19(25)6-4-18)29-21-15-17(8-10-32(21)23)16-31-13-11-30(2)12-14-31;1-25-22-26-9-7-17(27-22)21-20(15-3-5-16(23)6-4-15)28-19-11-14(8-10-30(19)21)12-29(2)13-18(24)31;1-25-22-26-10-7-18(27-22)21-20(16-3-5-17(23)6-4-16)28-19-13-15(8-11-30(19)21)14-29(2)12-9-24;1-24-22-25-9-7-18(26-22)21-20(16-3-5-17(23)6-4-16)27-19-13-15(8-10-29(19)21)14-28(2)11-12-30/h3-10,15H,11-14,16H2,1-2H3,(H,26,27,28);3-11H,12-13H2,1-2H3,(H2,24,31)(H,25,26,27);3-8,10-11,13H,12,14H2,1-2H3,(H,25,26,27);3-10,13,30H,11-12,14H2,1-2H3,(H,24,25,26). The molecule has 1 aliphatic heterocycles. The third-order valence-electron chi connectivity index (χ3n) is 20.3. The van der Waals surface area contributed by atoms with Gasteiger partial charge in [-0.15, -0.1) is 0 Å². The number of primary amides is 1.